The highest BCUT2D eigenvalue weighted by Crippen LogP contribution is 2.40. The number of ether oxygens (including phenoxy) is 2. The van der Waals surface area contributed by atoms with Gasteiger partial charge in [0, 0.05) is 44.9 Å². The lowest BCUT2D eigenvalue weighted by atomic mass is 9.90. The number of aromatic nitrogens is 1. The van der Waals surface area contributed by atoms with Crippen LogP contribution in [0.1, 0.15) is 45.3 Å². The highest BCUT2D eigenvalue weighted by molar-refractivity contribution is 7.12. The quantitative estimate of drug-likeness (QED) is 0.289. The number of carbonyl (C=O) groups excluding carboxylic acids is 1. The minimum atomic E-state index is -0.206. The van der Waals surface area contributed by atoms with Gasteiger partial charge in [-0.05, 0) is 50.1 Å². The van der Waals surface area contributed by atoms with E-state index in [1.54, 1.807) is 25.6 Å². The van der Waals surface area contributed by atoms with Crippen molar-refractivity contribution in [1.82, 2.24) is 15.6 Å². The molecule has 0 aliphatic heterocycles. The summed E-state index contributed by atoms with van der Waals surface area (Å²) in [5.74, 6) is 1.18. The summed E-state index contributed by atoms with van der Waals surface area (Å²) < 4.78 is 11.3. The molecular weight excluding hydrogens is 446 g/mol. The monoisotopic (exact) mass is 477 g/mol. The molecule has 0 bridgehead atoms. The van der Waals surface area contributed by atoms with E-state index in [0.717, 1.165) is 27.6 Å². The average molecular weight is 478 g/mol. The predicted molar refractivity (Wildman–Crippen MR) is 138 cm³/mol. The van der Waals surface area contributed by atoms with E-state index in [9.17, 15) is 4.79 Å². The molecule has 2 unspecified atom stereocenters. The van der Waals surface area contributed by atoms with Crippen molar-refractivity contribution in [1.29, 1.82) is 0 Å². The van der Waals surface area contributed by atoms with Gasteiger partial charge in [-0.2, -0.15) is 0 Å². The summed E-state index contributed by atoms with van der Waals surface area (Å²) in [5, 5.41) is 7.29. The lowest BCUT2D eigenvalue weighted by molar-refractivity contribution is 0.237. The van der Waals surface area contributed by atoms with E-state index in [1.165, 1.54) is 9.75 Å². The first-order valence-electron chi connectivity index (χ1n) is 11.3. The molecule has 0 spiro atoms. The summed E-state index contributed by atoms with van der Waals surface area (Å²) in [7, 11) is 3.27. The van der Waals surface area contributed by atoms with E-state index in [1.807, 2.05) is 49.5 Å². The number of aromatic amines is 1. The van der Waals surface area contributed by atoms with E-state index < -0.39 is 0 Å². The number of urea groups is 1. The van der Waals surface area contributed by atoms with Gasteiger partial charge in [-0.25, -0.2) is 4.79 Å². The standard InChI is InChI=1S/C27H31N3O3S/c1-16-13-21(18(3)34-16)17(2)30-27(31)29-15-23(20-10-8-12-25(32-4)26(20)33-5)22-14-28-24-11-7-6-9-19(22)24/h6-14,17,23,28H,15H2,1-5H3,(H2,29,30,31). The molecule has 4 rings (SSSR count). The van der Waals surface area contributed by atoms with Gasteiger partial charge >= 0.3 is 6.03 Å². The van der Waals surface area contributed by atoms with Gasteiger partial charge in [0.1, 0.15) is 0 Å². The van der Waals surface area contributed by atoms with Gasteiger partial charge in [0.05, 0.1) is 20.3 Å². The van der Waals surface area contributed by atoms with Crippen LogP contribution >= 0.6 is 11.3 Å². The molecule has 4 aromatic rings. The van der Waals surface area contributed by atoms with Crippen molar-refractivity contribution in [2.24, 2.45) is 0 Å². The van der Waals surface area contributed by atoms with E-state index in [0.29, 0.717) is 18.0 Å². The zero-order valence-electron chi connectivity index (χ0n) is 20.2. The Morgan fingerprint density at radius 3 is 2.53 bits per heavy atom. The van der Waals surface area contributed by atoms with Gasteiger partial charge in [-0.1, -0.05) is 30.3 Å². The molecule has 178 valence electrons. The molecule has 0 fully saturated rings. The Hall–Kier alpha value is -3.45. The Morgan fingerprint density at radius 1 is 1.03 bits per heavy atom. The fourth-order valence-corrected chi connectivity index (χ4v) is 5.58. The summed E-state index contributed by atoms with van der Waals surface area (Å²) in [6.45, 7) is 6.58. The molecule has 2 aromatic carbocycles. The molecule has 2 aromatic heterocycles. The number of hydrogen-bond donors (Lipinski definition) is 3. The Bertz CT molecular complexity index is 1290. The third-order valence-electron chi connectivity index (χ3n) is 6.17. The molecule has 0 saturated carbocycles. The topological polar surface area (TPSA) is 75.4 Å². The first-order valence-corrected chi connectivity index (χ1v) is 12.1. The molecular formula is C27H31N3O3S. The predicted octanol–water partition coefficient (Wildman–Crippen LogP) is 6.06. The van der Waals surface area contributed by atoms with Crippen molar-refractivity contribution >= 4 is 28.3 Å². The van der Waals surface area contributed by atoms with Crippen molar-refractivity contribution < 1.29 is 14.3 Å². The molecule has 3 N–H and O–H groups in total. The van der Waals surface area contributed by atoms with E-state index in [-0.39, 0.29) is 18.0 Å². The number of amides is 2. The lowest BCUT2D eigenvalue weighted by Crippen LogP contribution is -2.39. The third-order valence-corrected chi connectivity index (χ3v) is 7.15. The highest BCUT2D eigenvalue weighted by atomic mass is 32.1. The van der Waals surface area contributed by atoms with Crippen LogP contribution in [0.4, 0.5) is 4.79 Å². The first-order chi connectivity index (χ1) is 16.4. The van der Waals surface area contributed by atoms with Crippen LogP contribution in [-0.4, -0.2) is 31.8 Å². The number of nitrogens with one attached hydrogen (secondary N) is 3. The second-order valence-electron chi connectivity index (χ2n) is 8.37. The lowest BCUT2D eigenvalue weighted by Gasteiger charge is -2.22. The van der Waals surface area contributed by atoms with Crippen molar-refractivity contribution in [2.75, 3.05) is 20.8 Å². The molecule has 0 aliphatic carbocycles. The molecule has 34 heavy (non-hydrogen) atoms. The molecule has 0 radical (unpaired) electrons. The molecule has 7 heteroatoms. The number of aryl methyl sites for hydroxylation is 2. The number of benzene rings is 2. The normalized spacial score (nSPS) is 12.9. The number of fused-ring (bicyclic) bond motifs is 1. The zero-order chi connectivity index (χ0) is 24.2. The van der Waals surface area contributed by atoms with Crippen molar-refractivity contribution in [3.63, 3.8) is 0 Å². The maximum atomic E-state index is 12.9. The van der Waals surface area contributed by atoms with Gasteiger partial charge in [0.25, 0.3) is 0 Å². The second-order valence-corrected chi connectivity index (χ2v) is 9.83. The number of hydrogen-bond acceptors (Lipinski definition) is 4. The molecule has 2 heterocycles. The maximum absolute atomic E-state index is 12.9. The summed E-state index contributed by atoms with van der Waals surface area (Å²) in [6.07, 6.45) is 2.01. The number of H-pyrrole nitrogens is 1. The van der Waals surface area contributed by atoms with Gasteiger partial charge < -0.3 is 25.1 Å². The molecule has 6 nitrogen and oxygen atoms in total. The minimum Gasteiger partial charge on any atom is -0.493 e. The van der Waals surface area contributed by atoms with Crippen LogP contribution in [0, 0.1) is 13.8 Å². The maximum Gasteiger partial charge on any atom is 0.315 e. The average Bonchev–Trinajstić information content (AvgIpc) is 3.41. The van der Waals surface area contributed by atoms with Crippen LogP contribution in [0.15, 0.2) is 54.7 Å². The van der Waals surface area contributed by atoms with Crippen LogP contribution in [-0.2, 0) is 0 Å². The SMILES string of the molecule is COc1cccc(C(CNC(=O)NC(C)c2cc(C)sc2C)c2c[nH]c3ccccc23)c1OC. The largest absolute Gasteiger partial charge is 0.493 e. The third kappa shape index (κ3) is 4.75. The second kappa shape index (κ2) is 10.2. The van der Waals surface area contributed by atoms with Crippen molar-refractivity contribution in [3.8, 4) is 11.5 Å². The Labute approximate surface area is 204 Å². The van der Waals surface area contributed by atoms with Crippen LogP contribution in [0.5, 0.6) is 11.5 Å². The van der Waals surface area contributed by atoms with Gasteiger partial charge in [0.15, 0.2) is 11.5 Å². The van der Waals surface area contributed by atoms with Crippen molar-refractivity contribution in [2.45, 2.75) is 32.7 Å². The van der Waals surface area contributed by atoms with Gasteiger partial charge in [0.2, 0.25) is 0 Å². The Balaban J connectivity index is 1.62. The van der Waals surface area contributed by atoms with E-state index in [2.05, 4.69) is 41.6 Å². The fraction of sp³-hybridized carbons (Fsp3) is 0.296. The molecule has 0 saturated heterocycles. The first kappa shape index (κ1) is 23.7. The Kier molecular flexibility index (Phi) is 7.12. The smallest absolute Gasteiger partial charge is 0.315 e. The zero-order valence-corrected chi connectivity index (χ0v) is 21.0. The molecule has 2 atom stereocenters. The Morgan fingerprint density at radius 2 is 1.82 bits per heavy atom. The van der Waals surface area contributed by atoms with Gasteiger partial charge in [-0.3, -0.25) is 0 Å². The van der Waals surface area contributed by atoms with E-state index >= 15 is 0 Å². The number of thiophene rings is 1. The van der Waals surface area contributed by atoms with E-state index in [4.69, 9.17) is 9.47 Å². The summed E-state index contributed by atoms with van der Waals surface area (Å²) >= 11 is 1.75. The number of methoxy groups -OCH3 is 2. The summed E-state index contributed by atoms with van der Waals surface area (Å²) in [6, 6.07) is 15.9. The molecule has 0 aliphatic rings. The summed E-state index contributed by atoms with van der Waals surface area (Å²) in [5.41, 5.74) is 4.23. The fourth-order valence-electron chi connectivity index (χ4n) is 4.56. The molecule has 2 amide bonds. The number of rotatable bonds is 8. The number of carbonyl (C=O) groups is 1. The summed E-state index contributed by atoms with van der Waals surface area (Å²) in [4.78, 5) is 18.7. The van der Waals surface area contributed by atoms with Crippen LogP contribution in [0.25, 0.3) is 10.9 Å². The minimum absolute atomic E-state index is 0.0807. The van der Waals surface area contributed by atoms with Crippen LogP contribution < -0.4 is 20.1 Å². The van der Waals surface area contributed by atoms with Crippen LogP contribution in [0.3, 0.4) is 0 Å². The van der Waals surface area contributed by atoms with Gasteiger partial charge in [-0.15, -0.1) is 11.3 Å². The number of para-hydroxylation sites is 2. The highest BCUT2D eigenvalue weighted by Gasteiger charge is 2.24. The van der Waals surface area contributed by atoms with Crippen LogP contribution in [0.2, 0.25) is 0 Å². The van der Waals surface area contributed by atoms with Crippen molar-refractivity contribution in [3.05, 3.63) is 81.2 Å².